The van der Waals surface area contributed by atoms with Gasteiger partial charge in [-0.3, -0.25) is 19.6 Å². The van der Waals surface area contributed by atoms with Crippen LogP contribution in [-0.4, -0.2) is 45.1 Å². The first-order chi connectivity index (χ1) is 11.5. The van der Waals surface area contributed by atoms with Gasteiger partial charge in [0, 0.05) is 26.7 Å². The molecule has 1 amide bonds. The monoisotopic (exact) mass is 331 g/mol. The maximum atomic E-state index is 12.8. The highest BCUT2D eigenvalue weighted by Gasteiger charge is 2.31. The van der Waals surface area contributed by atoms with Gasteiger partial charge in [-0.25, -0.2) is 0 Å². The predicted molar refractivity (Wildman–Crippen MR) is 89.7 cm³/mol. The van der Waals surface area contributed by atoms with Gasteiger partial charge in [-0.2, -0.15) is 5.10 Å². The number of benzene rings is 1. The van der Waals surface area contributed by atoms with Gasteiger partial charge >= 0.3 is 5.69 Å². The summed E-state index contributed by atoms with van der Waals surface area (Å²) in [7, 11) is 1.53. The molecule has 0 saturated carbocycles. The number of amides is 1. The van der Waals surface area contributed by atoms with Crippen LogP contribution in [0.15, 0.2) is 30.3 Å². The van der Waals surface area contributed by atoms with Crippen molar-refractivity contribution >= 4 is 11.6 Å². The molecule has 0 spiro atoms. The summed E-state index contributed by atoms with van der Waals surface area (Å²) in [4.78, 5) is 25.1. The predicted octanol–water partition coefficient (Wildman–Crippen LogP) is 1.28. The number of rotatable bonds is 7. The normalized spacial score (nSPS) is 10.6. The lowest BCUT2D eigenvalue weighted by Gasteiger charge is -2.21. The largest absolute Gasteiger partial charge is 0.335 e. The van der Waals surface area contributed by atoms with Crippen LogP contribution in [0.5, 0.6) is 0 Å². The summed E-state index contributed by atoms with van der Waals surface area (Å²) < 4.78 is 1.27. The van der Waals surface area contributed by atoms with Crippen LogP contribution in [-0.2, 0) is 13.5 Å². The highest BCUT2D eigenvalue weighted by molar-refractivity contribution is 5.97. The molecule has 0 atom stereocenters. The van der Waals surface area contributed by atoms with E-state index in [1.54, 1.807) is 0 Å². The maximum Gasteiger partial charge on any atom is 0.322 e. The zero-order valence-corrected chi connectivity index (χ0v) is 13.8. The minimum atomic E-state index is -0.562. The average Bonchev–Trinajstić information content (AvgIpc) is 2.86. The molecule has 0 bridgehead atoms. The van der Waals surface area contributed by atoms with Crippen LogP contribution in [0, 0.1) is 17.0 Å². The van der Waals surface area contributed by atoms with Gasteiger partial charge < -0.3 is 10.6 Å². The molecule has 2 rings (SSSR count). The molecule has 8 nitrogen and oxygen atoms in total. The molecule has 8 heteroatoms. The Morgan fingerprint density at radius 3 is 2.58 bits per heavy atom. The van der Waals surface area contributed by atoms with Crippen molar-refractivity contribution in [1.82, 2.24) is 14.7 Å². The first-order valence-electron chi connectivity index (χ1n) is 7.67. The van der Waals surface area contributed by atoms with E-state index in [2.05, 4.69) is 5.10 Å². The van der Waals surface area contributed by atoms with Crippen molar-refractivity contribution in [2.45, 2.75) is 13.3 Å². The van der Waals surface area contributed by atoms with E-state index in [0.717, 1.165) is 5.56 Å². The Labute approximate surface area is 140 Å². The van der Waals surface area contributed by atoms with Gasteiger partial charge in [0.05, 0.1) is 4.92 Å². The number of nitro groups is 1. The third-order valence-corrected chi connectivity index (χ3v) is 3.78. The second-order valence-corrected chi connectivity index (χ2v) is 5.48. The number of carbonyl (C=O) groups excluding carboxylic acids is 1. The van der Waals surface area contributed by atoms with Gasteiger partial charge in [0.2, 0.25) is 5.69 Å². The fourth-order valence-electron chi connectivity index (χ4n) is 2.63. The van der Waals surface area contributed by atoms with Crippen LogP contribution in [0.25, 0.3) is 0 Å². The molecule has 0 fully saturated rings. The number of carbonyl (C=O) groups is 1. The second-order valence-electron chi connectivity index (χ2n) is 5.48. The zero-order valence-electron chi connectivity index (χ0n) is 13.8. The van der Waals surface area contributed by atoms with Gasteiger partial charge in [0.25, 0.3) is 5.91 Å². The molecule has 0 unspecified atom stereocenters. The van der Waals surface area contributed by atoms with Crippen LogP contribution in [0.3, 0.4) is 0 Å². The molecule has 128 valence electrons. The number of nitrogens with two attached hydrogens (primary N) is 1. The Kier molecular flexibility index (Phi) is 5.64. The minimum absolute atomic E-state index is 0.0148. The molecule has 2 N–H and O–H groups in total. The van der Waals surface area contributed by atoms with Crippen LogP contribution in [0.2, 0.25) is 0 Å². The lowest BCUT2D eigenvalue weighted by atomic mass is 10.1. The number of aryl methyl sites for hydroxylation is 2. The molecule has 0 aliphatic rings. The minimum Gasteiger partial charge on any atom is -0.335 e. The summed E-state index contributed by atoms with van der Waals surface area (Å²) >= 11 is 0. The summed E-state index contributed by atoms with van der Waals surface area (Å²) in [6.45, 7) is 2.56. The summed E-state index contributed by atoms with van der Waals surface area (Å²) in [6, 6.07) is 9.73. The standard InChI is InChI=1S/C16H21N5O3/c1-12-14(21(23)24)15(19(2)18-12)16(22)20(11-9-17)10-8-13-6-4-3-5-7-13/h3-7H,8-11,17H2,1-2H3. The molecular weight excluding hydrogens is 310 g/mol. The molecule has 0 radical (unpaired) electrons. The molecule has 1 aromatic carbocycles. The number of nitrogens with zero attached hydrogens (tertiary/aromatic N) is 4. The van der Waals surface area contributed by atoms with E-state index < -0.39 is 10.8 Å². The van der Waals surface area contributed by atoms with Crippen molar-refractivity contribution < 1.29 is 9.72 Å². The molecular formula is C16H21N5O3. The number of aromatic nitrogens is 2. The SMILES string of the molecule is Cc1nn(C)c(C(=O)N(CCN)CCc2ccccc2)c1[N+](=O)[O-]. The van der Waals surface area contributed by atoms with Crippen LogP contribution < -0.4 is 5.73 Å². The average molecular weight is 331 g/mol. The molecule has 1 heterocycles. The third-order valence-electron chi connectivity index (χ3n) is 3.78. The van der Waals surface area contributed by atoms with E-state index in [9.17, 15) is 14.9 Å². The Bertz CT molecular complexity index is 727. The van der Waals surface area contributed by atoms with Crippen LogP contribution in [0.4, 0.5) is 5.69 Å². The van der Waals surface area contributed by atoms with E-state index in [1.807, 2.05) is 30.3 Å². The second kappa shape index (κ2) is 7.69. The molecule has 24 heavy (non-hydrogen) atoms. The Morgan fingerprint density at radius 2 is 2.00 bits per heavy atom. The molecule has 0 aliphatic heterocycles. The van der Waals surface area contributed by atoms with Crippen molar-refractivity contribution in [3.8, 4) is 0 Å². The zero-order chi connectivity index (χ0) is 17.7. The van der Waals surface area contributed by atoms with Gasteiger partial charge in [0.15, 0.2) is 0 Å². The Morgan fingerprint density at radius 1 is 1.33 bits per heavy atom. The van der Waals surface area contributed by atoms with E-state index in [4.69, 9.17) is 5.73 Å². The highest BCUT2D eigenvalue weighted by Crippen LogP contribution is 2.23. The summed E-state index contributed by atoms with van der Waals surface area (Å²) in [6.07, 6.45) is 0.650. The Balaban J connectivity index is 2.25. The first-order valence-corrected chi connectivity index (χ1v) is 7.67. The maximum absolute atomic E-state index is 12.8. The molecule has 0 aliphatic carbocycles. The van der Waals surface area contributed by atoms with Crippen LogP contribution in [0.1, 0.15) is 21.7 Å². The third kappa shape index (κ3) is 3.77. The van der Waals surface area contributed by atoms with E-state index in [-0.39, 0.29) is 23.6 Å². The summed E-state index contributed by atoms with van der Waals surface area (Å²) in [5, 5.41) is 15.3. The Hall–Kier alpha value is -2.74. The molecule has 0 saturated heterocycles. The van der Waals surface area contributed by atoms with Gasteiger partial charge in [0.1, 0.15) is 5.69 Å². The van der Waals surface area contributed by atoms with Crippen molar-refractivity contribution in [2.75, 3.05) is 19.6 Å². The number of hydrogen-bond donors (Lipinski definition) is 1. The van der Waals surface area contributed by atoms with Gasteiger partial charge in [-0.05, 0) is 18.9 Å². The summed E-state index contributed by atoms with van der Waals surface area (Å²) in [5.74, 6) is -0.425. The summed E-state index contributed by atoms with van der Waals surface area (Å²) in [5.41, 5.74) is 6.65. The lowest BCUT2D eigenvalue weighted by molar-refractivity contribution is -0.385. The fraction of sp³-hybridized carbons (Fsp3) is 0.375. The van der Waals surface area contributed by atoms with Gasteiger partial charge in [-0.15, -0.1) is 0 Å². The topological polar surface area (TPSA) is 107 Å². The van der Waals surface area contributed by atoms with E-state index in [1.165, 1.54) is 23.6 Å². The lowest BCUT2D eigenvalue weighted by Crippen LogP contribution is -2.38. The van der Waals surface area contributed by atoms with Crippen molar-refractivity contribution in [1.29, 1.82) is 0 Å². The van der Waals surface area contributed by atoms with Crippen molar-refractivity contribution in [3.63, 3.8) is 0 Å². The quantitative estimate of drug-likeness (QED) is 0.607. The van der Waals surface area contributed by atoms with E-state index >= 15 is 0 Å². The van der Waals surface area contributed by atoms with Crippen molar-refractivity contribution in [2.24, 2.45) is 12.8 Å². The van der Waals surface area contributed by atoms with Crippen molar-refractivity contribution in [3.05, 3.63) is 57.4 Å². The smallest absolute Gasteiger partial charge is 0.322 e. The van der Waals surface area contributed by atoms with Crippen LogP contribution >= 0.6 is 0 Å². The number of hydrogen-bond acceptors (Lipinski definition) is 5. The highest BCUT2D eigenvalue weighted by atomic mass is 16.6. The molecule has 1 aromatic heterocycles. The fourth-order valence-corrected chi connectivity index (χ4v) is 2.63. The van der Waals surface area contributed by atoms with E-state index in [0.29, 0.717) is 19.5 Å². The first kappa shape index (κ1) is 17.6. The van der Waals surface area contributed by atoms with Gasteiger partial charge in [-0.1, -0.05) is 30.3 Å². The molecule has 2 aromatic rings.